The Labute approximate surface area is 311 Å². The van der Waals surface area contributed by atoms with Crippen molar-refractivity contribution in [1.29, 1.82) is 0 Å². The van der Waals surface area contributed by atoms with Crippen LogP contribution in [0.4, 0.5) is 11.4 Å². The molecule has 1 aliphatic rings. The number of carbonyl (C=O) groups excluding carboxylic acids is 3. The number of anilines is 2. The van der Waals surface area contributed by atoms with Crippen LogP contribution in [0.5, 0.6) is 0 Å². The fraction of sp³-hybridized carbons (Fsp3) is 0.0444. The van der Waals surface area contributed by atoms with Gasteiger partial charge >= 0.3 is 0 Å². The van der Waals surface area contributed by atoms with E-state index in [1.165, 1.54) is 0 Å². The highest BCUT2D eigenvalue weighted by atomic mass is 35.5. The minimum absolute atomic E-state index is 0.154. The van der Waals surface area contributed by atoms with Crippen LogP contribution < -0.4 is 15.5 Å². The van der Waals surface area contributed by atoms with Gasteiger partial charge in [-0.25, -0.2) is 0 Å². The Bertz CT molecular complexity index is 2480. The lowest BCUT2D eigenvalue weighted by Crippen LogP contribution is -2.37. The van der Waals surface area contributed by atoms with Crippen LogP contribution in [0.2, 0.25) is 5.02 Å². The van der Waals surface area contributed by atoms with E-state index < -0.39 is 17.9 Å². The molecule has 0 saturated heterocycles. The number of H-pyrrole nitrogens is 1. The first-order valence-corrected chi connectivity index (χ1v) is 17.6. The van der Waals surface area contributed by atoms with Gasteiger partial charge in [-0.2, -0.15) is 0 Å². The van der Waals surface area contributed by atoms with Gasteiger partial charge in [0.05, 0.1) is 17.8 Å². The lowest BCUT2D eigenvalue weighted by Gasteiger charge is -2.21. The van der Waals surface area contributed by atoms with Crippen molar-refractivity contribution in [3.63, 3.8) is 0 Å². The van der Waals surface area contributed by atoms with Crippen LogP contribution in [-0.2, 0) is 16.1 Å². The van der Waals surface area contributed by atoms with E-state index in [9.17, 15) is 14.4 Å². The third kappa shape index (κ3) is 6.73. The molecule has 6 aromatic carbocycles. The second-order valence-corrected chi connectivity index (χ2v) is 13.2. The number of carbonyl (C=O) groups is 3. The summed E-state index contributed by atoms with van der Waals surface area (Å²) in [7, 11) is 0. The zero-order valence-electron chi connectivity index (χ0n) is 28.4. The Morgan fingerprint density at radius 2 is 1.38 bits per heavy atom. The molecule has 1 aliphatic heterocycles. The molecular formula is C45H33ClN4O3. The third-order valence-corrected chi connectivity index (χ3v) is 9.64. The maximum atomic E-state index is 14.8. The Balaban J connectivity index is 1.26. The average molecular weight is 713 g/mol. The molecule has 7 aromatic rings. The lowest BCUT2D eigenvalue weighted by atomic mass is 9.91. The van der Waals surface area contributed by atoms with Crippen LogP contribution in [0.15, 0.2) is 164 Å². The predicted octanol–water partition coefficient (Wildman–Crippen LogP) is 9.44. The highest BCUT2D eigenvalue weighted by molar-refractivity contribution is 6.39. The smallest absolute Gasteiger partial charge is 0.260 e. The Hall–Kier alpha value is -6.70. The van der Waals surface area contributed by atoms with E-state index in [2.05, 4.69) is 15.6 Å². The molecule has 1 aromatic heterocycles. The number of para-hydroxylation sites is 3. The first kappa shape index (κ1) is 33.4. The highest BCUT2D eigenvalue weighted by Gasteiger charge is 2.36. The number of nitrogens with zero attached hydrogens (tertiary/aromatic N) is 1. The summed E-state index contributed by atoms with van der Waals surface area (Å²) in [5.41, 5.74) is 7.46. The van der Waals surface area contributed by atoms with Gasteiger partial charge in [-0.15, -0.1) is 0 Å². The van der Waals surface area contributed by atoms with Crippen molar-refractivity contribution in [3.8, 4) is 0 Å². The van der Waals surface area contributed by atoms with Gasteiger partial charge < -0.3 is 20.5 Å². The van der Waals surface area contributed by atoms with E-state index in [1.54, 1.807) is 53.4 Å². The molecule has 2 heterocycles. The van der Waals surface area contributed by atoms with Crippen LogP contribution in [-0.4, -0.2) is 22.7 Å². The molecule has 3 N–H and O–H groups in total. The molecule has 1 atom stereocenters. The summed E-state index contributed by atoms with van der Waals surface area (Å²) >= 11 is 6.21. The summed E-state index contributed by atoms with van der Waals surface area (Å²) < 4.78 is 0. The quantitative estimate of drug-likeness (QED) is 0.130. The number of rotatable bonds is 9. The SMILES string of the molecule is O=C(N[C@@H](C(=O)Nc1ccccc1/C(=C1/C(=O)N(Cc2ccccc2)c2ccccc21)c1cc2ccccc2[nH]1)c1ccc(Cl)cc1)c1ccccc1. The summed E-state index contributed by atoms with van der Waals surface area (Å²) in [5, 5.41) is 7.52. The average Bonchev–Trinajstić information content (AvgIpc) is 3.74. The van der Waals surface area contributed by atoms with Gasteiger partial charge in [0.2, 0.25) is 0 Å². The van der Waals surface area contributed by atoms with Crippen molar-refractivity contribution in [3.05, 3.63) is 202 Å². The van der Waals surface area contributed by atoms with Crippen LogP contribution in [0.25, 0.3) is 22.0 Å². The largest absolute Gasteiger partial charge is 0.354 e. The molecule has 0 unspecified atom stereocenters. The lowest BCUT2D eigenvalue weighted by molar-refractivity contribution is -0.118. The number of benzene rings is 6. The summed E-state index contributed by atoms with van der Waals surface area (Å²) in [6, 6.07) is 49.6. The minimum Gasteiger partial charge on any atom is -0.354 e. The van der Waals surface area contributed by atoms with E-state index in [4.69, 9.17) is 11.6 Å². The number of nitrogens with one attached hydrogen (secondary N) is 3. The monoisotopic (exact) mass is 712 g/mol. The number of fused-ring (bicyclic) bond motifs is 2. The van der Waals surface area contributed by atoms with Crippen LogP contribution in [0, 0.1) is 0 Å². The van der Waals surface area contributed by atoms with Crippen molar-refractivity contribution in [1.82, 2.24) is 10.3 Å². The molecule has 258 valence electrons. The van der Waals surface area contributed by atoms with Crippen molar-refractivity contribution in [2.75, 3.05) is 10.2 Å². The van der Waals surface area contributed by atoms with Gasteiger partial charge in [0.15, 0.2) is 0 Å². The third-order valence-electron chi connectivity index (χ3n) is 9.39. The summed E-state index contributed by atoms with van der Waals surface area (Å²) in [4.78, 5) is 48.0. The summed E-state index contributed by atoms with van der Waals surface area (Å²) in [6.07, 6.45) is 0. The molecule has 0 spiro atoms. The van der Waals surface area contributed by atoms with Crippen LogP contribution >= 0.6 is 11.6 Å². The number of aromatic amines is 1. The molecule has 53 heavy (non-hydrogen) atoms. The molecule has 0 aliphatic carbocycles. The van der Waals surface area contributed by atoms with Crippen molar-refractivity contribution < 1.29 is 14.4 Å². The van der Waals surface area contributed by atoms with Gasteiger partial charge in [-0.1, -0.05) is 127 Å². The minimum atomic E-state index is -1.06. The van der Waals surface area contributed by atoms with Crippen LogP contribution in [0.3, 0.4) is 0 Å². The first-order chi connectivity index (χ1) is 25.9. The standard InChI is InChI=1S/C45H33ClN4O3/c46-33-25-23-30(24-26-33)42(49-43(51)31-15-5-2-6-16-31)44(52)48-37-21-11-8-18-34(37)40(38-27-32-17-7-10-20-36(32)47-38)41-35-19-9-12-22-39(35)50(45(41)53)28-29-13-3-1-4-14-29/h1-27,42,47H,28H2,(H,48,52)(H,49,51)/b41-40-/t42-/m1/s1. The fourth-order valence-corrected chi connectivity index (χ4v) is 6.97. The second-order valence-electron chi connectivity index (χ2n) is 12.8. The molecule has 8 rings (SSSR count). The fourth-order valence-electron chi connectivity index (χ4n) is 6.84. The molecule has 0 bridgehead atoms. The van der Waals surface area contributed by atoms with Gasteiger partial charge in [0, 0.05) is 49.6 Å². The summed E-state index contributed by atoms with van der Waals surface area (Å²) in [6.45, 7) is 0.391. The maximum absolute atomic E-state index is 14.8. The van der Waals surface area contributed by atoms with Gasteiger partial charge in [-0.05, 0) is 59.7 Å². The maximum Gasteiger partial charge on any atom is 0.260 e. The van der Waals surface area contributed by atoms with Crippen molar-refractivity contribution >= 4 is 62.7 Å². The van der Waals surface area contributed by atoms with E-state index >= 15 is 0 Å². The number of amides is 3. The zero-order chi connectivity index (χ0) is 36.3. The van der Waals surface area contributed by atoms with E-state index in [0.29, 0.717) is 45.1 Å². The predicted molar refractivity (Wildman–Crippen MR) is 211 cm³/mol. The Morgan fingerprint density at radius 1 is 0.717 bits per heavy atom. The number of hydrogen-bond donors (Lipinski definition) is 3. The molecule has 0 radical (unpaired) electrons. The molecule has 8 heteroatoms. The Kier molecular flexibility index (Phi) is 9.15. The van der Waals surface area contributed by atoms with Crippen molar-refractivity contribution in [2.45, 2.75) is 12.6 Å². The van der Waals surface area contributed by atoms with E-state index in [-0.39, 0.29) is 5.91 Å². The van der Waals surface area contributed by atoms with E-state index in [0.717, 1.165) is 33.4 Å². The number of halogens is 1. The molecule has 0 saturated carbocycles. The molecular weight excluding hydrogens is 680 g/mol. The normalized spacial score (nSPS) is 13.8. The Morgan fingerprint density at radius 3 is 2.15 bits per heavy atom. The van der Waals surface area contributed by atoms with Crippen LogP contribution in [0.1, 0.15) is 44.3 Å². The number of hydrogen-bond acceptors (Lipinski definition) is 3. The molecule has 0 fully saturated rings. The molecule has 7 nitrogen and oxygen atoms in total. The van der Waals surface area contributed by atoms with E-state index in [1.807, 2.05) is 115 Å². The summed E-state index contributed by atoms with van der Waals surface area (Å²) in [5.74, 6) is -1.02. The van der Waals surface area contributed by atoms with Gasteiger partial charge in [-0.3, -0.25) is 14.4 Å². The number of aromatic nitrogens is 1. The van der Waals surface area contributed by atoms with Crippen molar-refractivity contribution in [2.24, 2.45) is 0 Å². The van der Waals surface area contributed by atoms with Gasteiger partial charge in [0.1, 0.15) is 6.04 Å². The van der Waals surface area contributed by atoms with Gasteiger partial charge in [0.25, 0.3) is 17.7 Å². The highest BCUT2D eigenvalue weighted by Crippen LogP contribution is 2.45. The zero-order valence-corrected chi connectivity index (χ0v) is 29.2. The second kappa shape index (κ2) is 14.5. The topological polar surface area (TPSA) is 94.3 Å². The molecule has 3 amide bonds. The first-order valence-electron chi connectivity index (χ1n) is 17.2.